The molecule has 0 radical (unpaired) electrons. The Morgan fingerprint density at radius 3 is 2.79 bits per heavy atom. The van der Waals surface area contributed by atoms with E-state index in [0.29, 0.717) is 6.42 Å². The Bertz CT molecular complexity index is 226. The zero-order chi connectivity index (χ0) is 10.6. The zero-order valence-corrected chi connectivity index (χ0v) is 8.97. The molecule has 80 valence electrons. The minimum Gasteiger partial charge on any atom is -0.480 e. The molecule has 1 fully saturated rings. The quantitative estimate of drug-likeness (QED) is 0.728. The molecule has 1 rings (SSSR count). The number of carboxylic acids is 1. The Labute approximate surface area is 87.4 Å². The van der Waals surface area contributed by atoms with E-state index in [1.165, 1.54) is 0 Å². The van der Waals surface area contributed by atoms with Crippen molar-refractivity contribution in [1.82, 2.24) is 5.32 Å². The molecule has 1 amide bonds. The average Bonchev–Trinajstić information content (AvgIpc) is 2.65. The van der Waals surface area contributed by atoms with Gasteiger partial charge in [-0.3, -0.25) is 4.79 Å². The van der Waals surface area contributed by atoms with Gasteiger partial charge < -0.3 is 10.4 Å². The number of amides is 1. The van der Waals surface area contributed by atoms with Crippen LogP contribution in [-0.4, -0.2) is 34.5 Å². The minimum atomic E-state index is -0.952. The van der Waals surface area contributed by atoms with Crippen LogP contribution in [-0.2, 0) is 9.59 Å². The molecule has 14 heavy (non-hydrogen) atoms. The fourth-order valence-corrected chi connectivity index (χ4v) is 2.59. The van der Waals surface area contributed by atoms with E-state index >= 15 is 0 Å². The summed E-state index contributed by atoms with van der Waals surface area (Å²) in [6.45, 7) is 1.75. The van der Waals surface area contributed by atoms with Crippen LogP contribution in [0.3, 0.4) is 0 Å². The summed E-state index contributed by atoms with van der Waals surface area (Å²) < 4.78 is 0. The van der Waals surface area contributed by atoms with Crippen LogP contribution in [0.2, 0.25) is 0 Å². The van der Waals surface area contributed by atoms with Crippen LogP contribution < -0.4 is 5.32 Å². The molecule has 4 nitrogen and oxygen atoms in total. The van der Waals surface area contributed by atoms with Gasteiger partial charge in [-0.1, -0.05) is 6.92 Å². The van der Waals surface area contributed by atoms with E-state index in [2.05, 4.69) is 5.32 Å². The van der Waals surface area contributed by atoms with E-state index in [9.17, 15) is 9.59 Å². The van der Waals surface area contributed by atoms with Gasteiger partial charge in [-0.25, -0.2) is 4.79 Å². The third kappa shape index (κ3) is 2.90. The second-order valence-corrected chi connectivity index (χ2v) is 4.52. The Balaban J connectivity index is 2.41. The summed E-state index contributed by atoms with van der Waals surface area (Å²) in [5, 5.41) is 11.3. The summed E-state index contributed by atoms with van der Waals surface area (Å²) in [5.74, 6) is 0.772. The number of carbonyl (C=O) groups excluding carboxylic acids is 1. The predicted molar refractivity (Wildman–Crippen MR) is 55.3 cm³/mol. The third-order valence-electron chi connectivity index (χ3n) is 2.32. The molecule has 0 aromatic heterocycles. The summed E-state index contributed by atoms with van der Waals surface area (Å²) in [6.07, 6.45) is 1.30. The lowest BCUT2D eigenvalue weighted by atomic mass is 10.1. The van der Waals surface area contributed by atoms with Crippen LogP contribution in [0, 0.1) is 5.92 Å². The Morgan fingerprint density at radius 1 is 1.64 bits per heavy atom. The standard InChI is InChI=1S/C9H15NO3S/c1-2-7(9(12)13)10-8(11)6-3-4-14-5-6/h6-7H,2-5H2,1H3,(H,10,11)(H,12,13)/t6?,7-/m0/s1. The van der Waals surface area contributed by atoms with Gasteiger partial charge in [0, 0.05) is 11.7 Å². The Morgan fingerprint density at radius 2 is 2.36 bits per heavy atom. The normalized spacial score (nSPS) is 23.1. The molecule has 1 aliphatic heterocycles. The van der Waals surface area contributed by atoms with Crippen molar-refractivity contribution < 1.29 is 14.7 Å². The maximum Gasteiger partial charge on any atom is 0.326 e. The van der Waals surface area contributed by atoms with Gasteiger partial charge in [0.2, 0.25) is 5.91 Å². The SMILES string of the molecule is CC[C@H](NC(=O)C1CCSC1)C(=O)O. The molecule has 1 aliphatic rings. The van der Waals surface area contributed by atoms with Gasteiger partial charge in [0.25, 0.3) is 0 Å². The molecule has 0 bridgehead atoms. The number of carbonyl (C=O) groups is 2. The number of hydrogen-bond acceptors (Lipinski definition) is 3. The fraction of sp³-hybridized carbons (Fsp3) is 0.778. The van der Waals surface area contributed by atoms with Crippen molar-refractivity contribution in [3.63, 3.8) is 0 Å². The number of thioether (sulfide) groups is 1. The maximum absolute atomic E-state index is 11.5. The highest BCUT2D eigenvalue weighted by Crippen LogP contribution is 2.23. The summed E-state index contributed by atoms with van der Waals surface area (Å²) in [5.41, 5.74) is 0. The lowest BCUT2D eigenvalue weighted by Crippen LogP contribution is -2.43. The van der Waals surface area contributed by atoms with Gasteiger partial charge in [0.15, 0.2) is 0 Å². The van der Waals surface area contributed by atoms with Crippen molar-refractivity contribution in [3.8, 4) is 0 Å². The zero-order valence-electron chi connectivity index (χ0n) is 8.16. The number of hydrogen-bond donors (Lipinski definition) is 2. The molecule has 0 saturated carbocycles. The van der Waals surface area contributed by atoms with Crippen molar-refractivity contribution in [1.29, 1.82) is 0 Å². The summed E-state index contributed by atoms with van der Waals surface area (Å²) >= 11 is 1.75. The molecular formula is C9H15NO3S. The highest BCUT2D eigenvalue weighted by atomic mass is 32.2. The van der Waals surface area contributed by atoms with Crippen molar-refractivity contribution in [3.05, 3.63) is 0 Å². The van der Waals surface area contributed by atoms with E-state index < -0.39 is 12.0 Å². The number of aliphatic carboxylic acids is 1. The Kier molecular flexibility index (Phi) is 4.25. The van der Waals surface area contributed by atoms with E-state index in [-0.39, 0.29) is 11.8 Å². The molecule has 0 aromatic rings. The highest BCUT2D eigenvalue weighted by molar-refractivity contribution is 7.99. The first kappa shape index (κ1) is 11.4. The first-order valence-corrected chi connectivity index (χ1v) is 5.91. The molecule has 5 heteroatoms. The maximum atomic E-state index is 11.5. The average molecular weight is 217 g/mol. The van der Waals surface area contributed by atoms with E-state index in [0.717, 1.165) is 17.9 Å². The molecule has 2 atom stereocenters. The van der Waals surface area contributed by atoms with Gasteiger partial charge in [-0.05, 0) is 18.6 Å². The Hall–Kier alpha value is -0.710. The second-order valence-electron chi connectivity index (χ2n) is 3.37. The first-order valence-electron chi connectivity index (χ1n) is 4.76. The smallest absolute Gasteiger partial charge is 0.326 e. The number of carboxylic acid groups (broad SMARTS) is 1. The van der Waals surface area contributed by atoms with Gasteiger partial charge in [-0.15, -0.1) is 0 Å². The highest BCUT2D eigenvalue weighted by Gasteiger charge is 2.26. The molecule has 1 unspecified atom stereocenters. The predicted octanol–water partition coefficient (Wildman–Crippen LogP) is 0.719. The van der Waals surface area contributed by atoms with E-state index in [4.69, 9.17) is 5.11 Å². The number of rotatable bonds is 4. The molecule has 0 spiro atoms. The van der Waals surface area contributed by atoms with Crippen LogP contribution >= 0.6 is 11.8 Å². The number of nitrogens with one attached hydrogen (secondary N) is 1. The molecule has 2 N–H and O–H groups in total. The van der Waals surface area contributed by atoms with Crippen LogP contribution in [0.4, 0.5) is 0 Å². The largest absolute Gasteiger partial charge is 0.480 e. The lowest BCUT2D eigenvalue weighted by molar-refractivity contribution is -0.142. The van der Waals surface area contributed by atoms with E-state index in [1.54, 1.807) is 18.7 Å². The van der Waals surface area contributed by atoms with Gasteiger partial charge >= 0.3 is 5.97 Å². The lowest BCUT2D eigenvalue weighted by Gasteiger charge is -2.15. The molecular weight excluding hydrogens is 202 g/mol. The van der Waals surface area contributed by atoms with Crippen LogP contribution in [0.15, 0.2) is 0 Å². The molecule has 0 aliphatic carbocycles. The minimum absolute atomic E-state index is 0.00778. The summed E-state index contributed by atoms with van der Waals surface area (Å²) in [6, 6.07) is -0.729. The third-order valence-corrected chi connectivity index (χ3v) is 3.49. The molecule has 1 saturated heterocycles. The van der Waals surface area contributed by atoms with Crippen molar-refractivity contribution in [2.45, 2.75) is 25.8 Å². The molecule has 1 heterocycles. The first-order chi connectivity index (χ1) is 6.65. The second kappa shape index (κ2) is 5.24. The monoisotopic (exact) mass is 217 g/mol. The van der Waals surface area contributed by atoms with Crippen LogP contribution in [0.5, 0.6) is 0 Å². The fourth-order valence-electron chi connectivity index (χ4n) is 1.37. The summed E-state index contributed by atoms with van der Waals surface area (Å²) in [4.78, 5) is 22.2. The topological polar surface area (TPSA) is 66.4 Å². The van der Waals surface area contributed by atoms with Gasteiger partial charge in [0.05, 0.1) is 0 Å². The van der Waals surface area contributed by atoms with Crippen LogP contribution in [0.25, 0.3) is 0 Å². The van der Waals surface area contributed by atoms with Crippen molar-refractivity contribution in [2.75, 3.05) is 11.5 Å². The molecule has 0 aromatic carbocycles. The van der Waals surface area contributed by atoms with E-state index in [1.807, 2.05) is 0 Å². The summed E-state index contributed by atoms with van der Waals surface area (Å²) in [7, 11) is 0. The van der Waals surface area contributed by atoms with Crippen molar-refractivity contribution in [2.24, 2.45) is 5.92 Å². The van der Waals surface area contributed by atoms with Gasteiger partial charge in [0.1, 0.15) is 6.04 Å². The van der Waals surface area contributed by atoms with Gasteiger partial charge in [-0.2, -0.15) is 11.8 Å². The van der Waals surface area contributed by atoms with Crippen molar-refractivity contribution >= 4 is 23.6 Å². The van der Waals surface area contributed by atoms with Crippen LogP contribution in [0.1, 0.15) is 19.8 Å².